The van der Waals surface area contributed by atoms with Crippen LogP contribution in [0.2, 0.25) is 5.02 Å². The lowest BCUT2D eigenvalue weighted by atomic mass is 10.3. The molecule has 1 aliphatic heterocycles. The third-order valence-corrected chi connectivity index (χ3v) is 2.70. The van der Waals surface area contributed by atoms with Gasteiger partial charge in [-0.25, -0.2) is 0 Å². The number of hydrogen-bond donors (Lipinski definition) is 2. The van der Waals surface area contributed by atoms with E-state index in [4.69, 9.17) is 11.6 Å². The van der Waals surface area contributed by atoms with Gasteiger partial charge in [0.05, 0.1) is 5.69 Å². The molecule has 0 atom stereocenters. The van der Waals surface area contributed by atoms with Gasteiger partial charge >= 0.3 is 0 Å². The molecule has 1 aliphatic rings. The third kappa shape index (κ3) is 1.76. The summed E-state index contributed by atoms with van der Waals surface area (Å²) in [4.78, 5) is 15.9. The lowest BCUT2D eigenvalue weighted by molar-refractivity contribution is 0.589. The third-order valence-electron chi connectivity index (χ3n) is 2.34. The van der Waals surface area contributed by atoms with E-state index >= 15 is 0 Å². The summed E-state index contributed by atoms with van der Waals surface area (Å²) < 4.78 is 0. The van der Waals surface area contributed by atoms with Crippen LogP contribution in [0.3, 0.4) is 0 Å². The fourth-order valence-corrected chi connectivity index (χ4v) is 1.84. The van der Waals surface area contributed by atoms with Crippen molar-refractivity contribution < 1.29 is 0 Å². The molecule has 0 unspecified atom stereocenters. The van der Waals surface area contributed by atoms with Crippen molar-refractivity contribution in [3.05, 3.63) is 27.6 Å². The summed E-state index contributed by atoms with van der Waals surface area (Å²) >= 11 is 5.92. The minimum Gasteiger partial charge on any atom is -0.368 e. The van der Waals surface area contributed by atoms with Crippen molar-refractivity contribution in [1.82, 2.24) is 10.3 Å². The lowest BCUT2D eigenvalue weighted by Crippen LogP contribution is -2.44. The van der Waals surface area contributed by atoms with Gasteiger partial charge in [-0.3, -0.25) is 4.79 Å². The highest BCUT2D eigenvalue weighted by Gasteiger charge is 2.14. The van der Waals surface area contributed by atoms with Crippen molar-refractivity contribution in [1.29, 1.82) is 0 Å². The van der Waals surface area contributed by atoms with Crippen LogP contribution >= 0.6 is 11.6 Å². The van der Waals surface area contributed by atoms with E-state index in [1.165, 1.54) is 0 Å². The lowest BCUT2D eigenvalue weighted by Gasteiger charge is -2.29. The Kier molecular flexibility index (Phi) is 2.74. The fourth-order valence-electron chi connectivity index (χ4n) is 1.60. The van der Waals surface area contributed by atoms with E-state index in [0.717, 1.165) is 31.9 Å². The summed E-state index contributed by atoms with van der Waals surface area (Å²) in [6, 6.07) is 1.84. The van der Waals surface area contributed by atoms with Crippen molar-refractivity contribution in [2.45, 2.75) is 0 Å². The van der Waals surface area contributed by atoms with Gasteiger partial charge in [-0.1, -0.05) is 11.6 Å². The highest BCUT2D eigenvalue weighted by atomic mass is 35.5. The molecule has 1 saturated heterocycles. The molecule has 0 radical (unpaired) electrons. The van der Waals surface area contributed by atoms with Crippen LogP contribution in [0.4, 0.5) is 5.69 Å². The molecule has 76 valence electrons. The molecule has 1 aromatic rings. The Morgan fingerprint density at radius 3 is 2.79 bits per heavy atom. The van der Waals surface area contributed by atoms with Gasteiger partial charge in [0.25, 0.3) is 5.56 Å². The van der Waals surface area contributed by atoms with Crippen molar-refractivity contribution >= 4 is 17.3 Å². The maximum Gasteiger partial charge on any atom is 0.268 e. The van der Waals surface area contributed by atoms with Crippen molar-refractivity contribution in [3.8, 4) is 0 Å². The van der Waals surface area contributed by atoms with E-state index in [2.05, 4.69) is 15.2 Å². The average Bonchev–Trinajstić information content (AvgIpc) is 2.23. The zero-order valence-electron chi connectivity index (χ0n) is 7.72. The van der Waals surface area contributed by atoms with Crippen molar-refractivity contribution in [3.63, 3.8) is 0 Å². The SMILES string of the molecule is O=c1[nH]ccc(N2CCNCC2)c1Cl. The van der Waals surface area contributed by atoms with Gasteiger partial charge in [0.1, 0.15) is 5.02 Å². The molecule has 0 aromatic carbocycles. The molecule has 0 spiro atoms. The van der Waals surface area contributed by atoms with Crippen LogP contribution in [0, 0.1) is 0 Å². The Balaban J connectivity index is 2.30. The Bertz CT molecular complexity index is 371. The summed E-state index contributed by atoms with van der Waals surface area (Å²) in [5, 5.41) is 3.53. The van der Waals surface area contributed by atoms with Crippen LogP contribution in [-0.2, 0) is 0 Å². The number of hydrogen-bond acceptors (Lipinski definition) is 3. The second-order valence-corrected chi connectivity index (χ2v) is 3.62. The van der Waals surface area contributed by atoms with E-state index in [1.807, 2.05) is 6.07 Å². The Hall–Kier alpha value is -1.00. The minimum atomic E-state index is -0.220. The van der Waals surface area contributed by atoms with Crippen LogP contribution in [0.1, 0.15) is 0 Å². The van der Waals surface area contributed by atoms with Gasteiger partial charge < -0.3 is 15.2 Å². The zero-order chi connectivity index (χ0) is 9.97. The summed E-state index contributed by atoms with van der Waals surface area (Å²) in [6.07, 6.45) is 1.63. The largest absolute Gasteiger partial charge is 0.368 e. The topological polar surface area (TPSA) is 48.1 Å². The van der Waals surface area contributed by atoms with Crippen LogP contribution in [0.25, 0.3) is 0 Å². The summed E-state index contributed by atoms with van der Waals surface area (Å²) in [5.41, 5.74) is 0.611. The van der Waals surface area contributed by atoms with Gasteiger partial charge in [0, 0.05) is 32.4 Å². The fraction of sp³-hybridized carbons (Fsp3) is 0.444. The van der Waals surface area contributed by atoms with E-state index < -0.39 is 0 Å². The Morgan fingerprint density at radius 1 is 1.36 bits per heavy atom. The first-order chi connectivity index (χ1) is 6.79. The van der Waals surface area contributed by atoms with Crippen LogP contribution in [0.15, 0.2) is 17.1 Å². The second kappa shape index (κ2) is 4.02. The van der Waals surface area contributed by atoms with E-state index in [-0.39, 0.29) is 10.6 Å². The smallest absolute Gasteiger partial charge is 0.268 e. The molecule has 5 heteroatoms. The Labute approximate surface area is 86.9 Å². The van der Waals surface area contributed by atoms with E-state index in [0.29, 0.717) is 0 Å². The molecule has 0 bridgehead atoms. The van der Waals surface area contributed by atoms with Gasteiger partial charge in [-0.15, -0.1) is 0 Å². The highest BCUT2D eigenvalue weighted by Crippen LogP contribution is 2.20. The first kappa shape index (κ1) is 9.55. The second-order valence-electron chi connectivity index (χ2n) is 3.24. The predicted octanol–water partition coefficient (Wildman–Crippen LogP) is 0.438. The highest BCUT2D eigenvalue weighted by molar-refractivity contribution is 6.33. The normalized spacial score (nSPS) is 17.1. The quantitative estimate of drug-likeness (QED) is 0.712. The maximum atomic E-state index is 11.3. The first-order valence-electron chi connectivity index (χ1n) is 4.62. The van der Waals surface area contributed by atoms with Crippen molar-refractivity contribution in [2.24, 2.45) is 0 Å². The van der Waals surface area contributed by atoms with Gasteiger partial charge in [-0.05, 0) is 6.07 Å². The molecule has 14 heavy (non-hydrogen) atoms. The monoisotopic (exact) mass is 213 g/mol. The van der Waals surface area contributed by atoms with Crippen molar-refractivity contribution in [2.75, 3.05) is 31.1 Å². The first-order valence-corrected chi connectivity index (χ1v) is 4.99. The van der Waals surface area contributed by atoms with Gasteiger partial charge in [0.15, 0.2) is 0 Å². The number of nitrogens with one attached hydrogen (secondary N) is 2. The van der Waals surface area contributed by atoms with Crippen LogP contribution in [0.5, 0.6) is 0 Å². The summed E-state index contributed by atoms with van der Waals surface area (Å²) in [6.45, 7) is 3.65. The van der Waals surface area contributed by atoms with Crippen LogP contribution < -0.4 is 15.8 Å². The molecular weight excluding hydrogens is 202 g/mol. The molecule has 2 heterocycles. The number of pyridine rings is 1. The zero-order valence-corrected chi connectivity index (χ0v) is 8.47. The number of aromatic amines is 1. The number of aromatic nitrogens is 1. The predicted molar refractivity (Wildman–Crippen MR) is 57.2 cm³/mol. The van der Waals surface area contributed by atoms with Gasteiger partial charge in [-0.2, -0.15) is 0 Å². The maximum absolute atomic E-state index is 11.3. The molecule has 4 nitrogen and oxygen atoms in total. The molecule has 1 fully saturated rings. The number of anilines is 1. The Morgan fingerprint density at radius 2 is 2.07 bits per heavy atom. The molecule has 2 rings (SSSR count). The summed E-state index contributed by atoms with van der Waals surface area (Å²) in [5.74, 6) is 0. The molecule has 2 N–H and O–H groups in total. The standard InChI is InChI=1S/C9H12ClN3O/c10-8-7(1-2-12-9(8)14)13-5-3-11-4-6-13/h1-2,11H,3-6H2,(H,12,14). The van der Waals surface area contributed by atoms with Gasteiger partial charge in [0.2, 0.25) is 0 Å². The number of rotatable bonds is 1. The molecule has 0 amide bonds. The van der Waals surface area contributed by atoms with E-state index in [9.17, 15) is 4.79 Å². The van der Waals surface area contributed by atoms with Crippen LogP contribution in [-0.4, -0.2) is 31.2 Å². The number of nitrogens with zero attached hydrogens (tertiary/aromatic N) is 1. The number of piperazine rings is 1. The average molecular weight is 214 g/mol. The number of H-pyrrole nitrogens is 1. The number of halogens is 1. The molecule has 0 saturated carbocycles. The molecular formula is C9H12ClN3O. The summed E-state index contributed by atoms with van der Waals surface area (Å²) in [7, 11) is 0. The van der Waals surface area contributed by atoms with E-state index in [1.54, 1.807) is 6.20 Å². The molecule has 0 aliphatic carbocycles. The molecule has 1 aromatic heterocycles. The minimum absolute atomic E-state index is 0.220.